The van der Waals surface area contributed by atoms with Crippen LogP contribution in [-0.2, 0) is 4.74 Å². The summed E-state index contributed by atoms with van der Waals surface area (Å²) in [6.45, 7) is 9.28. The van der Waals surface area contributed by atoms with Gasteiger partial charge in [-0.2, -0.15) is 0 Å². The number of pyridine rings is 1. The van der Waals surface area contributed by atoms with E-state index in [2.05, 4.69) is 46.0 Å². The van der Waals surface area contributed by atoms with Crippen molar-refractivity contribution in [1.29, 1.82) is 0 Å². The molecule has 2 fully saturated rings. The topological polar surface area (TPSA) is 50.2 Å². The van der Waals surface area contributed by atoms with Gasteiger partial charge in [-0.25, -0.2) is 0 Å². The number of aliphatic imine (C=N–C) groups is 1. The Bertz CT molecular complexity index is 917. The van der Waals surface area contributed by atoms with Gasteiger partial charge >= 0.3 is 0 Å². The Labute approximate surface area is 182 Å². The third-order valence-electron chi connectivity index (χ3n) is 5.86. The molecule has 30 heavy (non-hydrogen) atoms. The molecule has 3 aliphatic heterocycles. The summed E-state index contributed by atoms with van der Waals surface area (Å²) in [6.07, 6.45) is 1.86. The molecule has 3 atom stereocenters. The molecule has 0 bridgehead atoms. The van der Waals surface area contributed by atoms with Crippen molar-refractivity contribution < 1.29 is 9.47 Å². The minimum atomic E-state index is 0.00455. The molecule has 7 heteroatoms. The van der Waals surface area contributed by atoms with E-state index >= 15 is 0 Å². The molecule has 5 rings (SSSR count). The lowest BCUT2D eigenvalue weighted by atomic mass is 9.95. The highest BCUT2D eigenvalue weighted by Crippen LogP contribution is 2.48. The number of aromatic nitrogens is 1. The van der Waals surface area contributed by atoms with Crippen LogP contribution in [-0.4, -0.2) is 59.8 Å². The molecule has 2 aromatic rings. The minimum Gasteiger partial charge on any atom is -0.492 e. The molecule has 0 saturated carbocycles. The summed E-state index contributed by atoms with van der Waals surface area (Å²) in [4.78, 5) is 14.5. The average molecular weight is 425 g/mol. The standard InChI is InChI=1S/C23H28N4O2S/c1-3-29-20-14-17(7-8-19(20)26-10-12-28-13-11-26)22-21(18-6-4-5-9-24-18)25-23-27(22)15-16(2)30-23/h4-9,14,16,21-22H,3,10-13,15H2,1-2H3/t16-,21+,22-/m1/s1. The molecule has 1 aromatic heterocycles. The van der Waals surface area contributed by atoms with Crippen molar-refractivity contribution in [2.45, 2.75) is 31.2 Å². The van der Waals surface area contributed by atoms with Gasteiger partial charge in [0.05, 0.1) is 37.2 Å². The Morgan fingerprint density at radius 1 is 1.20 bits per heavy atom. The smallest absolute Gasteiger partial charge is 0.160 e. The van der Waals surface area contributed by atoms with Crippen molar-refractivity contribution >= 4 is 22.6 Å². The number of morpholine rings is 1. The van der Waals surface area contributed by atoms with Gasteiger partial charge in [0.25, 0.3) is 0 Å². The van der Waals surface area contributed by atoms with Gasteiger partial charge in [-0.05, 0) is 36.8 Å². The van der Waals surface area contributed by atoms with Crippen molar-refractivity contribution in [2.24, 2.45) is 4.99 Å². The third kappa shape index (κ3) is 3.65. The summed E-state index contributed by atoms with van der Waals surface area (Å²) < 4.78 is 11.6. The van der Waals surface area contributed by atoms with Crippen LogP contribution in [0.2, 0.25) is 0 Å². The molecule has 4 heterocycles. The number of rotatable bonds is 5. The predicted octanol–water partition coefficient (Wildman–Crippen LogP) is 3.91. The van der Waals surface area contributed by atoms with E-state index in [1.807, 2.05) is 37.0 Å². The third-order valence-corrected chi connectivity index (χ3v) is 6.96. The highest BCUT2D eigenvalue weighted by Gasteiger charge is 2.43. The summed E-state index contributed by atoms with van der Waals surface area (Å²) in [5, 5.41) is 1.69. The van der Waals surface area contributed by atoms with Crippen LogP contribution in [0.25, 0.3) is 0 Å². The van der Waals surface area contributed by atoms with E-state index in [9.17, 15) is 0 Å². The van der Waals surface area contributed by atoms with Gasteiger partial charge in [0.1, 0.15) is 11.8 Å². The second kappa shape index (κ2) is 8.47. The molecule has 0 N–H and O–H groups in total. The van der Waals surface area contributed by atoms with Gasteiger partial charge < -0.3 is 19.3 Å². The first-order valence-corrected chi connectivity index (χ1v) is 11.6. The summed E-state index contributed by atoms with van der Waals surface area (Å²) in [6, 6.07) is 12.9. The number of benzene rings is 1. The van der Waals surface area contributed by atoms with Gasteiger partial charge in [-0.1, -0.05) is 30.8 Å². The Balaban J connectivity index is 1.52. The fourth-order valence-corrected chi connectivity index (χ4v) is 5.62. The molecular formula is C23H28N4O2S. The van der Waals surface area contributed by atoms with Gasteiger partial charge in [0.15, 0.2) is 5.17 Å². The fraction of sp³-hybridized carbons (Fsp3) is 0.478. The Hall–Kier alpha value is -2.25. The van der Waals surface area contributed by atoms with Gasteiger partial charge in [0, 0.05) is 31.1 Å². The van der Waals surface area contributed by atoms with Crippen LogP contribution >= 0.6 is 11.8 Å². The second-order valence-electron chi connectivity index (χ2n) is 7.90. The highest BCUT2D eigenvalue weighted by molar-refractivity contribution is 8.14. The van der Waals surface area contributed by atoms with E-state index in [1.165, 1.54) is 5.56 Å². The maximum absolute atomic E-state index is 6.10. The molecular weight excluding hydrogens is 396 g/mol. The van der Waals surface area contributed by atoms with Crippen LogP contribution in [0, 0.1) is 0 Å². The lowest BCUT2D eigenvalue weighted by molar-refractivity contribution is 0.122. The normalized spacial score (nSPS) is 25.9. The number of thioether (sulfide) groups is 1. The lowest BCUT2D eigenvalue weighted by Gasteiger charge is -2.32. The van der Waals surface area contributed by atoms with Crippen LogP contribution < -0.4 is 9.64 Å². The first-order chi connectivity index (χ1) is 14.7. The van der Waals surface area contributed by atoms with Crippen LogP contribution in [0.5, 0.6) is 5.75 Å². The first-order valence-electron chi connectivity index (χ1n) is 10.8. The van der Waals surface area contributed by atoms with Crippen molar-refractivity contribution in [1.82, 2.24) is 9.88 Å². The van der Waals surface area contributed by atoms with E-state index in [0.717, 1.165) is 55.1 Å². The number of hydrogen-bond donors (Lipinski definition) is 0. The van der Waals surface area contributed by atoms with Crippen LogP contribution in [0.15, 0.2) is 47.6 Å². The SMILES string of the molecule is CCOc1cc([C@@H]2[C@H](c3ccccn3)N=C3S[C@H](C)CN32)ccc1N1CCOCC1. The second-order valence-corrected chi connectivity index (χ2v) is 9.30. The van der Waals surface area contributed by atoms with E-state index in [1.54, 1.807) is 0 Å². The summed E-state index contributed by atoms with van der Waals surface area (Å²) in [5.74, 6) is 0.949. The van der Waals surface area contributed by atoms with E-state index < -0.39 is 0 Å². The van der Waals surface area contributed by atoms with Crippen LogP contribution in [0.4, 0.5) is 5.69 Å². The van der Waals surface area contributed by atoms with E-state index in [4.69, 9.17) is 14.5 Å². The molecule has 158 valence electrons. The molecule has 1 aromatic carbocycles. The largest absolute Gasteiger partial charge is 0.492 e. The van der Waals surface area contributed by atoms with Gasteiger partial charge in [0.2, 0.25) is 0 Å². The summed E-state index contributed by atoms with van der Waals surface area (Å²) in [7, 11) is 0. The molecule has 2 saturated heterocycles. The number of ether oxygens (including phenoxy) is 2. The monoisotopic (exact) mass is 424 g/mol. The molecule has 0 radical (unpaired) electrons. The van der Waals surface area contributed by atoms with E-state index in [-0.39, 0.29) is 12.1 Å². The molecule has 0 amide bonds. The molecule has 0 unspecified atom stereocenters. The highest BCUT2D eigenvalue weighted by atomic mass is 32.2. The number of amidine groups is 1. The quantitative estimate of drug-likeness (QED) is 0.726. The van der Waals surface area contributed by atoms with Crippen LogP contribution in [0.3, 0.4) is 0 Å². The number of nitrogens with zero attached hydrogens (tertiary/aromatic N) is 4. The average Bonchev–Trinajstić information content (AvgIpc) is 3.31. The molecule has 0 spiro atoms. The number of hydrogen-bond acceptors (Lipinski definition) is 7. The maximum Gasteiger partial charge on any atom is 0.160 e. The van der Waals surface area contributed by atoms with Gasteiger partial charge in [-0.3, -0.25) is 9.98 Å². The molecule has 0 aliphatic carbocycles. The zero-order valence-corrected chi connectivity index (χ0v) is 18.3. The Morgan fingerprint density at radius 3 is 2.83 bits per heavy atom. The Kier molecular flexibility index (Phi) is 5.56. The first kappa shape index (κ1) is 19.7. The Morgan fingerprint density at radius 2 is 2.07 bits per heavy atom. The lowest BCUT2D eigenvalue weighted by Crippen LogP contribution is -2.36. The zero-order valence-electron chi connectivity index (χ0n) is 17.5. The maximum atomic E-state index is 6.10. The molecule has 6 nitrogen and oxygen atoms in total. The van der Waals surface area contributed by atoms with Crippen molar-refractivity contribution in [3.8, 4) is 5.75 Å². The van der Waals surface area contributed by atoms with Crippen molar-refractivity contribution in [3.05, 3.63) is 53.9 Å². The molecule has 3 aliphatic rings. The van der Waals surface area contributed by atoms with E-state index in [0.29, 0.717) is 11.9 Å². The van der Waals surface area contributed by atoms with Crippen molar-refractivity contribution in [3.63, 3.8) is 0 Å². The number of anilines is 1. The minimum absolute atomic E-state index is 0.00455. The zero-order chi connectivity index (χ0) is 20.5. The van der Waals surface area contributed by atoms with Crippen LogP contribution in [0.1, 0.15) is 37.2 Å². The van der Waals surface area contributed by atoms with Gasteiger partial charge in [-0.15, -0.1) is 0 Å². The fourth-order valence-electron chi connectivity index (χ4n) is 4.53. The van der Waals surface area contributed by atoms with Crippen molar-refractivity contribution in [2.75, 3.05) is 44.4 Å². The summed E-state index contributed by atoms with van der Waals surface area (Å²) in [5.41, 5.74) is 3.41. The predicted molar refractivity (Wildman–Crippen MR) is 122 cm³/mol. The summed E-state index contributed by atoms with van der Waals surface area (Å²) >= 11 is 1.87. The number of fused-ring (bicyclic) bond motifs is 1.